The number of rotatable bonds is 2. The monoisotopic (exact) mass is 351 g/mol. The molecule has 1 aromatic heterocycles. The topological polar surface area (TPSA) is 182 Å². The van der Waals surface area contributed by atoms with Gasteiger partial charge in [-0.15, -0.1) is 11.8 Å². The number of hydrogen-bond acceptors (Lipinski definition) is 8. The number of nitrogens with zero attached hydrogens (tertiary/aromatic N) is 2. The van der Waals surface area contributed by atoms with Crippen molar-refractivity contribution in [3.05, 3.63) is 22.5 Å². The van der Waals surface area contributed by atoms with Crippen LogP contribution in [-0.2, 0) is 19.1 Å². The van der Waals surface area contributed by atoms with Gasteiger partial charge in [-0.25, -0.2) is 23.6 Å². The van der Waals surface area contributed by atoms with Crippen LogP contribution in [0.3, 0.4) is 0 Å². The minimum absolute atomic E-state index is 0.224. The first kappa shape index (κ1) is 18.4. The van der Waals surface area contributed by atoms with Crippen LogP contribution in [0.4, 0.5) is 10.2 Å². The maximum atomic E-state index is 13.1. The van der Waals surface area contributed by atoms with Crippen molar-refractivity contribution in [2.45, 2.75) is 11.7 Å². The number of aromatic nitrogens is 2. The van der Waals surface area contributed by atoms with E-state index in [0.717, 1.165) is 22.5 Å². The van der Waals surface area contributed by atoms with Gasteiger partial charge >= 0.3 is 23.6 Å². The van der Waals surface area contributed by atoms with Gasteiger partial charge in [-0.3, -0.25) is 4.57 Å². The summed E-state index contributed by atoms with van der Waals surface area (Å²) in [6.45, 7) is 0. The molecule has 1 aliphatic heterocycles. The number of halogens is 1. The summed E-state index contributed by atoms with van der Waals surface area (Å²) in [5.74, 6) is -5.91. The number of nitrogens with two attached hydrogens (primary N) is 1. The van der Waals surface area contributed by atoms with E-state index in [9.17, 15) is 14.0 Å². The predicted molar refractivity (Wildman–Crippen MR) is 72.1 cm³/mol. The van der Waals surface area contributed by atoms with E-state index in [0.29, 0.717) is 0 Å². The summed E-state index contributed by atoms with van der Waals surface area (Å²) in [7, 11) is 0. The van der Waals surface area contributed by atoms with E-state index in [1.807, 2.05) is 0 Å². The highest BCUT2D eigenvalue weighted by Gasteiger charge is 2.33. The highest BCUT2D eigenvalue weighted by Crippen LogP contribution is 2.31. The standard InChI is InChI=1S/C8H8FN3O4S.C2H2O4/c9-3-1-12(8(15)11-5(3)10)4-2-17-7(16-4)6(13)14;3-1(4)2(5)6/h1,4,7H,2H2,(H,13,14)(H2,10,11,15);(H,3,4)(H,5,6)/t4-,7+;/m0./s1. The Balaban J connectivity index is 0.000000379. The van der Waals surface area contributed by atoms with Crippen molar-refractivity contribution in [1.82, 2.24) is 9.55 Å². The summed E-state index contributed by atoms with van der Waals surface area (Å²) in [5.41, 5.74) is 3.28. The number of anilines is 1. The lowest BCUT2D eigenvalue weighted by atomic mass is 10.5. The van der Waals surface area contributed by atoms with Crippen LogP contribution in [0.1, 0.15) is 6.23 Å². The fourth-order valence-corrected chi connectivity index (χ4v) is 2.26. The number of hydrogen-bond donors (Lipinski definition) is 4. The van der Waals surface area contributed by atoms with E-state index in [1.54, 1.807) is 0 Å². The molecule has 1 aliphatic rings. The highest BCUT2D eigenvalue weighted by molar-refractivity contribution is 8.00. The van der Waals surface area contributed by atoms with Gasteiger partial charge in [0.2, 0.25) is 5.44 Å². The number of ether oxygens (including phenoxy) is 1. The van der Waals surface area contributed by atoms with Gasteiger partial charge in [0.25, 0.3) is 0 Å². The third-order valence-corrected chi connectivity index (χ3v) is 3.39. The fourth-order valence-electron chi connectivity index (χ4n) is 1.33. The summed E-state index contributed by atoms with van der Waals surface area (Å²) in [4.78, 5) is 43.5. The zero-order valence-corrected chi connectivity index (χ0v) is 11.9. The molecule has 5 N–H and O–H groups in total. The number of aliphatic carboxylic acids is 3. The van der Waals surface area contributed by atoms with E-state index in [2.05, 4.69) is 4.98 Å². The Morgan fingerprint density at radius 2 is 1.91 bits per heavy atom. The van der Waals surface area contributed by atoms with E-state index in [1.165, 1.54) is 0 Å². The SMILES string of the molecule is Nc1nc(=O)n([C@@H]2CS[C@H](C(=O)O)O2)cc1F.O=C(O)C(=O)O. The molecular formula is C10H10FN3O8S. The maximum absolute atomic E-state index is 13.1. The molecular weight excluding hydrogens is 341 g/mol. The van der Waals surface area contributed by atoms with Gasteiger partial charge in [-0.1, -0.05) is 0 Å². The lowest BCUT2D eigenvalue weighted by molar-refractivity contribution is -0.159. The van der Waals surface area contributed by atoms with Gasteiger partial charge in [0.05, 0.1) is 6.20 Å². The van der Waals surface area contributed by atoms with Crippen LogP contribution in [0.2, 0.25) is 0 Å². The smallest absolute Gasteiger partial charge is 0.414 e. The molecule has 0 radical (unpaired) electrons. The van der Waals surface area contributed by atoms with Crippen molar-refractivity contribution in [3.8, 4) is 0 Å². The van der Waals surface area contributed by atoms with Crippen molar-refractivity contribution in [2.24, 2.45) is 0 Å². The lowest BCUT2D eigenvalue weighted by Crippen LogP contribution is -2.30. The van der Waals surface area contributed by atoms with Gasteiger partial charge in [0, 0.05) is 5.75 Å². The average molecular weight is 351 g/mol. The molecule has 2 heterocycles. The molecule has 2 atom stereocenters. The summed E-state index contributed by atoms with van der Waals surface area (Å²) < 4.78 is 19.1. The van der Waals surface area contributed by atoms with Crippen LogP contribution in [0.25, 0.3) is 0 Å². The van der Waals surface area contributed by atoms with Crippen molar-refractivity contribution in [2.75, 3.05) is 11.5 Å². The first-order valence-corrected chi connectivity index (χ1v) is 6.68. The Hall–Kier alpha value is -2.67. The molecule has 0 saturated carbocycles. The fraction of sp³-hybridized carbons (Fsp3) is 0.300. The summed E-state index contributed by atoms with van der Waals surface area (Å²) in [6.07, 6.45) is 0.0105. The van der Waals surface area contributed by atoms with Crippen molar-refractivity contribution >= 4 is 35.5 Å². The van der Waals surface area contributed by atoms with Gasteiger partial charge in [-0.2, -0.15) is 4.98 Å². The van der Waals surface area contributed by atoms with E-state index >= 15 is 0 Å². The van der Waals surface area contributed by atoms with Crippen LogP contribution < -0.4 is 11.4 Å². The first-order chi connectivity index (χ1) is 10.6. The third-order valence-electron chi connectivity index (χ3n) is 2.30. The Morgan fingerprint density at radius 1 is 1.35 bits per heavy atom. The van der Waals surface area contributed by atoms with Crippen LogP contribution in [-0.4, -0.2) is 54.0 Å². The molecule has 23 heavy (non-hydrogen) atoms. The number of carboxylic acids is 3. The van der Waals surface area contributed by atoms with Crippen LogP contribution >= 0.6 is 11.8 Å². The van der Waals surface area contributed by atoms with Crippen molar-refractivity contribution in [1.29, 1.82) is 0 Å². The van der Waals surface area contributed by atoms with Gasteiger partial charge in [0.1, 0.15) is 6.23 Å². The zero-order valence-electron chi connectivity index (χ0n) is 11.1. The molecule has 0 amide bonds. The molecule has 126 valence electrons. The number of thioether (sulfide) groups is 1. The molecule has 13 heteroatoms. The Bertz CT molecular complexity index is 681. The quantitative estimate of drug-likeness (QED) is 0.469. The maximum Gasteiger partial charge on any atom is 0.414 e. The molecule has 1 fully saturated rings. The van der Waals surface area contributed by atoms with E-state index in [-0.39, 0.29) is 5.75 Å². The zero-order chi connectivity index (χ0) is 17.7. The molecule has 11 nitrogen and oxygen atoms in total. The summed E-state index contributed by atoms with van der Waals surface area (Å²) >= 11 is 1.01. The Labute approximate surface area is 130 Å². The van der Waals surface area contributed by atoms with Crippen LogP contribution in [0.15, 0.2) is 11.0 Å². The average Bonchev–Trinajstić information content (AvgIpc) is 2.93. The predicted octanol–water partition coefficient (Wildman–Crippen LogP) is -1.21. The number of nitrogen functional groups attached to an aromatic ring is 1. The van der Waals surface area contributed by atoms with Crippen LogP contribution in [0.5, 0.6) is 0 Å². The second kappa shape index (κ2) is 7.55. The molecule has 0 unspecified atom stereocenters. The number of carbonyl (C=O) groups is 3. The van der Waals surface area contributed by atoms with Crippen LogP contribution in [0, 0.1) is 5.82 Å². The Morgan fingerprint density at radius 3 is 2.35 bits per heavy atom. The molecule has 2 rings (SSSR count). The van der Waals surface area contributed by atoms with E-state index < -0.39 is 46.9 Å². The van der Waals surface area contributed by atoms with E-state index in [4.69, 9.17) is 35.4 Å². The molecule has 0 aliphatic carbocycles. The number of carboxylic acid groups (broad SMARTS) is 3. The van der Waals surface area contributed by atoms with Gasteiger partial charge < -0.3 is 25.8 Å². The Kier molecular flexibility index (Phi) is 6.03. The summed E-state index contributed by atoms with van der Waals surface area (Å²) in [5, 5.41) is 23.5. The van der Waals surface area contributed by atoms with Gasteiger partial charge in [0.15, 0.2) is 11.6 Å². The second-order valence-electron chi connectivity index (χ2n) is 3.87. The van der Waals surface area contributed by atoms with Crippen molar-refractivity contribution < 1.29 is 38.8 Å². The highest BCUT2D eigenvalue weighted by atomic mass is 32.2. The first-order valence-electron chi connectivity index (χ1n) is 5.63. The molecule has 0 aromatic carbocycles. The molecule has 0 bridgehead atoms. The third kappa shape index (κ3) is 4.93. The normalized spacial score (nSPS) is 19.5. The second-order valence-corrected chi connectivity index (χ2v) is 4.96. The lowest BCUT2D eigenvalue weighted by Gasteiger charge is -2.12. The molecule has 1 saturated heterocycles. The minimum atomic E-state index is -1.82. The molecule has 1 aromatic rings. The van der Waals surface area contributed by atoms with Gasteiger partial charge in [-0.05, 0) is 0 Å². The molecule has 0 spiro atoms. The minimum Gasteiger partial charge on any atom is -0.479 e. The largest absolute Gasteiger partial charge is 0.479 e. The van der Waals surface area contributed by atoms with Crippen molar-refractivity contribution in [3.63, 3.8) is 0 Å². The summed E-state index contributed by atoms with van der Waals surface area (Å²) in [6, 6.07) is 0.